The predicted molar refractivity (Wildman–Crippen MR) is 109 cm³/mol. The van der Waals surface area contributed by atoms with Gasteiger partial charge in [0.1, 0.15) is 5.82 Å². The van der Waals surface area contributed by atoms with Crippen LogP contribution >= 0.6 is 0 Å². The lowest BCUT2D eigenvalue weighted by molar-refractivity contribution is -0.132. The molecule has 1 atom stereocenters. The van der Waals surface area contributed by atoms with E-state index in [1.807, 2.05) is 6.07 Å². The fraction of sp³-hybridized carbons (Fsp3) is 0.565. The van der Waals surface area contributed by atoms with Crippen molar-refractivity contribution in [3.8, 4) is 0 Å². The van der Waals surface area contributed by atoms with E-state index in [-0.39, 0.29) is 11.7 Å². The van der Waals surface area contributed by atoms with Crippen molar-refractivity contribution in [2.24, 2.45) is 5.92 Å². The van der Waals surface area contributed by atoms with Crippen molar-refractivity contribution in [1.29, 1.82) is 0 Å². The quantitative estimate of drug-likeness (QED) is 0.789. The number of piperidine rings is 1. The summed E-state index contributed by atoms with van der Waals surface area (Å²) in [5.74, 6) is 0.628. The molecule has 0 aliphatic carbocycles. The average molecular weight is 384 g/mol. The van der Waals surface area contributed by atoms with E-state index in [9.17, 15) is 9.18 Å². The highest BCUT2D eigenvalue weighted by atomic mass is 19.1. The summed E-state index contributed by atoms with van der Waals surface area (Å²) in [5.41, 5.74) is 1.87. The highest BCUT2D eigenvalue weighted by Crippen LogP contribution is 2.31. The summed E-state index contributed by atoms with van der Waals surface area (Å²) in [6.07, 6.45) is 8.75. The Balaban J connectivity index is 1.42. The Morgan fingerprint density at radius 3 is 2.71 bits per heavy atom. The fourth-order valence-electron chi connectivity index (χ4n) is 5.08. The first-order chi connectivity index (χ1) is 13.6. The Morgan fingerprint density at radius 1 is 1.11 bits per heavy atom. The van der Waals surface area contributed by atoms with Crippen molar-refractivity contribution < 1.29 is 9.18 Å². The molecule has 1 amide bonds. The van der Waals surface area contributed by atoms with Crippen molar-refractivity contribution in [2.45, 2.75) is 58.0 Å². The van der Waals surface area contributed by atoms with Crippen molar-refractivity contribution in [1.82, 2.24) is 14.8 Å². The number of hydrogen-bond donors (Lipinski definition) is 0. The largest absolute Gasteiger partial charge is 0.340 e. The van der Waals surface area contributed by atoms with Crippen molar-refractivity contribution in [2.75, 3.05) is 19.6 Å². The molecule has 150 valence electrons. The Morgan fingerprint density at radius 2 is 1.93 bits per heavy atom. The van der Waals surface area contributed by atoms with Crippen LogP contribution in [-0.2, 0) is 11.3 Å². The molecule has 28 heavy (non-hydrogen) atoms. The van der Waals surface area contributed by atoms with Crippen molar-refractivity contribution >= 4 is 16.8 Å². The standard InChI is InChI=1S/C23H30FN3O/c1-17(28)27-13-4-2-3-7-22(27)18-10-14-26(15-11-18)16-19-8-9-21(24)20-6-5-12-25-23(19)20/h5-6,8-9,12,18,22H,2-4,7,10-11,13-16H2,1H3/t22-/m1/s1. The van der Waals surface area contributed by atoms with Crippen LogP contribution in [0.4, 0.5) is 4.39 Å². The molecule has 1 aromatic heterocycles. The average Bonchev–Trinajstić information content (AvgIpc) is 2.97. The molecule has 2 fully saturated rings. The van der Waals surface area contributed by atoms with E-state index in [1.165, 1.54) is 12.8 Å². The first-order valence-electron chi connectivity index (χ1n) is 10.6. The minimum absolute atomic E-state index is 0.205. The van der Waals surface area contributed by atoms with Gasteiger partial charge in [-0.1, -0.05) is 18.9 Å². The molecular formula is C23H30FN3O. The van der Waals surface area contributed by atoms with Crippen LogP contribution < -0.4 is 0 Å². The van der Waals surface area contributed by atoms with Crippen LogP contribution in [0.2, 0.25) is 0 Å². The van der Waals surface area contributed by atoms with Crippen LogP contribution in [0.5, 0.6) is 0 Å². The zero-order chi connectivity index (χ0) is 19.5. The molecule has 0 unspecified atom stereocenters. The summed E-state index contributed by atoms with van der Waals surface area (Å²) >= 11 is 0. The Labute approximate surface area is 166 Å². The van der Waals surface area contributed by atoms with Gasteiger partial charge in [-0.2, -0.15) is 0 Å². The lowest BCUT2D eigenvalue weighted by atomic mass is 9.86. The highest BCUT2D eigenvalue weighted by molar-refractivity contribution is 5.82. The van der Waals surface area contributed by atoms with Crippen molar-refractivity contribution in [3.05, 3.63) is 41.8 Å². The Bertz CT molecular complexity index is 832. The van der Waals surface area contributed by atoms with E-state index in [0.717, 1.165) is 62.9 Å². The number of nitrogens with zero attached hydrogens (tertiary/aromatic N) is 3. The molecular weight excluding hydrogens is 353 g/mol. The molecule has 0 spiro atoms. The van der Waals surface area contributed by atoms with Crippen molar-refractivity contribution in [3.63, 3.8) is 0 Å². The van der Waals surface area contributed by atoms with E-state index in [0.29, 0.717) is 17.3 Å². The third-order valence-corrected chi connectivity index (χ3v) is 6.57. The van der Waals surface area contributed by atoms with E-state index < -0.39 is 0 Å². The minimum Gasteiger partial charge on any atom is -0.340 e. The van der Waals surface area contributed by atoms with E-state index in [2.05, 4.69) is 14.8 Å². The maximum atomic E-state index is 14.1. The molecule has 4 rings (SSSR count). The van der Waals surface area contributed by atoms with Gasteiger partial charge < -0.3 is 4.90 Å². The maximum Gasteiger partial charge on any atom is 0.219 e. The number of carbonyl (C=O) groups is 1. The van der Waals surface area contributed by atoms with Crippen LogP contribution in [0.3, 0.4) is 0 Å². The second kappa shape index (κ2) is 8.56. The van der Waals surface area contributed by atoms with E-state index in [1.54, 1.807) is 31.3 Å². The minimum atomic E-state index is -0.205. The van der Waals surface area contributed by atoms with Crippen LogP contribution in [0.1, 0.15) is 51.0 Å². The molecule has 1 aromatic carbocycles. The van der Waals surface area contributed by atoms with Crippen LogP contribution in [0.15, 0.2) is 30.5 Å². The number of benzene rings is 1. The number of likely N-dealkylation sites (tertiary alicyclic amines) is 2. The smallest absolute Gasteiger partial charge is 0.219 e. The number of pyridine rings is 1. The molecule has 3 heterocycles. The van der Waals surface area contributed by atoms with Gasteiger partial charge in [-0.3, -0.25) is 14.7 Å². The SMILES string of the molecule is CC(=O)N1CCCCC[C@@H]1C1CCN(Cc2ccc(F)c3cccnc23)CC1. The normalized spacial score (nSPS) is 22.4. The molecule has 0 N–H and O–H groups in total. The first-order valence-corrected chi connectivity index (χ1v) is 10.6. The number of hydrogen-bond acceptors (Lipinski definition) is 3. The number of carbonyl (C=O) groups excluding carboxylic acids is 1. The number of rotatable bonds is 3. The zero-order valence-corrected chi connectivity index (χ0v) is 16.7. The monoisotopic (exact) mass is 383 g/mol. The number of amides is 1. The second-order valence-electron chi connectivity index (χ2n) is 8.35. The molecule has 0 radical (unpaired) electrons. The Hall–Kier alpha value is -2.01. The van der Waals surface area contributed by atoms with Crippen LogP contribution in [-0.4, -0.2) is 46.4 Å². The summed E-state index contributed by atoms with van der Waals surface area (Å²) < 4.78 is 14.1. The topological polar surface area (TPSA) is 36.4 Å². The lowest BCUT2D eigenvalue weighted by Crippen LogP contribution is -2.47. The molecule has 5 heteroatoms. The van der Waals surface area contributed by atoms with Gasteiger partial charge in [0.05, 0.1) is 5.52 Å². The molecule has 0 saturated carbocycles. The summed E-state index contributed by atoms with van der Waals surface area (Å²) in [7, 11) is 0. The summed E-state index contributed by atoms with van der Waals surface area (Å²) in [4.78, 5) is 21.2. The number of fused-ring (bicyclic) bond motifs is 1. The number of halogens is 1. The van der Waals surface area contributed by atoms with Gasteiger partial charge in [-0.25, -0.2) is 4.39 Å². The van der Waals surface area contributed by atoms with Gasteiger partial charge in [0, 0.05) is 37.6 Å². The third kappa shape index (κ3) is 4.04. The summed E-state index contributed by atoms with van der Waals surface area (Å²) in [6, 6.07) is 7.43. The van der Waals surface area contributed by atoms with Gasteiger partial charge >= 0.3 is 0 Å². The molecule has 2 aliphatic rings. The summed E-state index contributed by atoms with van der Waals surface area (Å²) in [5, 5.41) is 0.602. The lowest BCUT2D eigenvalue weighted by Gasteiger charge is -2.40. The zero-order valence-electron chi connectivity index (χ0n) is 16.7. The van der Waals surface area contributed by atoms with Gasteiger partial charge in [-0.05, 0) is 68.5 Å². The molecule has 4 nitrogen and oxygen atoms in total. The van der Waals surface area contributed by atoms with Gasteiger partial charge in [0.15, 0.2) is 0 Å². The van der Waals surface area contributed by atoms with Gasteiger partial charge in [0.2, 0.25) is 5.91 Å². The Kier molecular flexibility index (Phi) is 5.90. The highest BCUT2D eigenvalue weighted by Gasteiger charge is 2.32. The van der Waals surface area contributed by atoms with Crippen LogP contribution in [0, 0.1) is 11.7 Å². The van der Waals surface area contributed by atoms with E-state index in [4.69, 9.17) is 0 Å². The molecule has 2 saturated heterocycles. The second-order valence-corrected chi connectivity index (χ2v) is 8.35. The summed E-state index contributed by atoms with van der Waals surface area (Å²) in [6.45, 7) is 5.51. The van der Waals surface area contributed by atoms with Gasteiger partial charge in [0.25, 0.3) is 0 Å². The molecule has 0 bridgehead atoms. The molecule has 2 aromatic rings. The fourth-order valence-corrected chi connectivity index (χ4v) is 5.08. The third-order valence-electron chi connectivity index (χ3n) is 6.57. The van der Waals surface area contributed by atoms with Crippen LogP contribution in [0.25, 0.3) is 10.9 Å². The first kappa shape index (κ1) is 19.3. The number of aromatic nitrogens is 1. The maximum absolute atomic E-state index is 14.1. The van der Waals surface area contributed by atoms with Gasteiger partial charge in [-0.15, -0.1) is 0 Å². The predicted octanol–water partition coefficient (Wildman–Crippen LogP) is 4.38. The molecule has 2 aliphatic heterocycles. The van der Waals surface area contributed by atoms with E-state index >= 15 is 0 Å².